The molecule has 1 unspecified atom stereocenters. The highest BCUT2D eigenvalue weighted by atomic mass is 16.5. The molecule has 1 heterocycles. The molecule has 3 N–H and O–H groups in total. The Kier molecular flexibility index (Phi) is 3.53. The molecule has 0 amide bonds. The number of hydrogen-bond donors (Lipinski definition) is 2. The smallest absolute Gasteiger partial charge is 0.123 e. The summed E-state index contributed by atoms with van der Waals surface area (Å²) in [5.74, 6) is 0.896. The SMILES string of the molecule is CC1(C)CCC(O)(C2(CN)CCOc3ccccc32)CC1. The van der Waals surface area contributed by atoms with Crippen LogP contribution < -0.4 is 10.5 Å². The van der Waals surface area contributed by atoms with Gasteiger partial charge in [-0.1, -0.05) is 32.0 Å². The van der Waals surface area contributed by atoms with Crippen molar-refractivity contribution in [2.24, 2.45) is 11.1 Å². The lowest BCUT2D eigenvalue weighted by Gasteiger charge is -2.53. The van der Waals surface area contributed by atoms with E-state index in [0.717, 1.165) is 43.4 Å². The molecule has 3 heteroatoms. The van der Waals surface area contributed by atoms with Crippen molar-refractivity contribution in [3.05, 3.63) is 29.8 Å². The lowest BCUT2D eigenvalue weighted by molar-refractivity contribution is -0.0970. The van der Waals surface area contributed by atoms with Crippen LogP contribution in [0.4, 0.5) is 0 Å². The summed E-state index contributed by atoms with van der Waals surface area (Å²) in [4.78, 5) is 0. The van der Waals surface area contributed by atoms with E-state index in [-0.39, 0.29) is 5.41 Å². The molecule has 0 radical (unpaired) electrons. The van der Waals surface area contributed by atoms with Gasteiger partial charge >= 0.3 is 0 Å². The average Bonchev–Trinajstić information content (AvgIpc) is 2.50. The Labute approximate surface area is 127 Å². The molecule has 3 rings (SSSR count). The summed E-state index contributed by atoms with van der Waals surface area (Å²) in [5, 5.41) is 11.5. The van der Waals surface area contributed by atoms with E-state index in [1.165, 1.54) is 0 Å². The van der Waals surface area contributed by atoms with Gasteiger partial charge in [0.2, 0.25) is 0 Å². The number of ether oxygens (including phenoxy) is 1. The Morgan fingerprint density at radius 1 is 1.10 bits per heavy atom. The number of fused-ring (bicyclic) bond motifs is 1. The Morgan fingerprint density at radius 2 is 1.76 bits per heavy atom. The maximum Gasteiger partial charge on any atom is 0.123 e. The number of rotatable bonds is 2. The number of nitrogens with two attached hydrogens (primary N) is 1. The molecule has 1 fully saturated rings. The fourth-order valence-corrected chi connectivity index (χ4v) is 4.16. The molecule has 2 aliphatic rings. The standard InChI is InChI=1S/C18H27NO2/c1-16(2)7-9-18(20,10-8-16)17(13-19)11-12-21-15-6-4-3-5-14(15)17/h3-6,20H,7-13,19H2,1-2H3. The van der Waals surface area contributed by atoms with Gasteiger partial charge in [0.25, 0.3) is 0 Å². The Balaban J connectivity index is 2.02. The molecule has 116 valence electrons. The van der Waals surface area contributed by atoms with Gasteiger partial charge in [0.05, 0.1) is 12.2 Å². The molecule has 1 aliphatic heterocycles. The minimum atomic E-state index is -0.711. The largest absolute Gasteiger partial charge is 0.493 e. The lowest BCUT2D eigenvalue weighted by Crippen LogP contribution is -2.59. The van der Waals surface area contributed by atoms with Crippen LogP contribution in [0, 0.1) is 5.41 Å². The molecule has 0 spiro atoms. The molecule has 1 aromatic rings. The highest BCUT2D eigenvalue weighted by Crippen LogP contribution is 2.53. The van der Waals surface area contributed by atoms with Crippen LogP contribution in [0.1, 0.15) is 51.5 Å². The minimum absolute atomic E-state index is 0.326. The van der Waals surface area contributed by atoms with E-state index in [0.29, 0.717) is 18.6 Å². The van der Waals surface area contributed by atoms with Crippen LogP contribution >= 0.6 is 0 Å². The quantitative estimate of drug-likeness (QED) is 0.880. The van der Waals surface area contributed by atoms with Crippen LogP contribution in [0.2, 0.25) is 0 Å². The minimum Gasteiger partial charge on any atom is -0.493 e. The second kappa shape index (κ2) is 4.99. The highest BCUT2D eigenvalue weighted by molar-refractivity contribution is 5.44. The molecule has 1 aliphatic carbocycles. The van der Waals surface area contributed by atoms with Crippen LogP contribution in [-0.2, 0) is 5.41 Å². The second-order valence-electron chi connectivity index (χ2n) is 7.58. The molecular formula is C18H27NO2. The molecule has 1 atom stereocenters. The predicted molar refractivity (Wildman–Crippen MR) is 84.5 cm³/mol. The molecule has 3 nitrogen and oxygen atoms in total. The van der Waals surface area contributed by atoms with Crippen molar-refractivity contribution < 1.29 is 9.84 Å². The van der Waals surface area contributed by atoms with Gasteiger partial charge < -0.3 is 15.6 Å². The molecule has 0 aromatic heterocycles. The van der Waals surface area contributed by atoms with Crippen LogP contribution in [0.5, 0.6) is 5.75 Å². The molecule has 0 bridgehead atoms. The van der Waals surface area contributed by atoms with E-state index >= 15 is 0 Å². The maximum atomic E-state index is 11.5. The summed E-state index contributed by atoms with van der Waals surface area (Å²) in [6, 6.07) is 8.08. The molecule has 21 heavy (non-hydrogen) atoms. The fourth-order valence-electron chi connectivity index (χ4n) is 4.16. The van der Waals surface area contributed by atoms with Crippen LogP contribution in [0.15, 0.2) is 24.3 Å². The van der Waals surface area contributed by atoms with Crippen molar-refractivity contribution in [1.29, 1.82) is 0 Å². The lowest BCUT2D eigenvalue weighted by atomic mass is 9.56. The van der Waals surface area contributed by atoms with E-state index in [1.54, 1.807) is 0 Å². The molecule has 1 saturated carbocycles. The highest BCUT2D eigenvalue weighted by Gasteiger charge is 2.54. The zero-order valence-electron chi connectivity index (χ0n) is 13.2. The Hall–Kier alpha value is -1.06. The first kappa shape index (κ1) is 14.9. The summed E-state index contributed by atoms with van der Waals surface area (Å²) in [7, 11) is 0. The van der Waals surface area contributed by atoms with Crippen LogP contribution in [0.25, 0.3) is 0 Å². The normalized spacial score (nSPS) is 30.3. The molecule has 0 saturated heterocycles. The summed E-state index contributed by atoms with van der Waals surface area (Å²) in [6.07, 6.45) is 4.55. The van der Waals surface area contributed by atoms with Crippen molar-refractivity contribution in [3.8, 4) is 5.75 Å². The van der Waals surface area contributed by atoms with Crippen molar-refractivity contribution in [2.75, 3.05) is 13.2 Å². The third-order valence-electron chi connectivity index (χ3n) is 5.86. The third kappa shape index (κ3) is 2.27. The van der Waals surface area contributed by atoms with E-state index in [1.807, 2.05) is 18.2 Å². The first-order valence-electron chi connectivity index (χ1n) is 8.07. The number of hydrogen-bond acceptors (Lipinski definition) is 3. The van der Waals surface area contributed by atoms with E-state index in [4.69, 9.17) is 10.5 Å². The van der Waals surface area contributed by atoms with Gasteiger partial charge in [0.15, 0.2) is 0 Å². The van der Waals surface area contributed by atoms with Crippen molar-refractivity contribution >= 4 is 0 Å². The van der Waals surface area contributed by atoms with Crippen molar-refractivity contribution in [1.82, 2.24) is 0 Å². The zero-order valence-corrected chi connectivity index (χ0v) is 13.2. The van der Waals surface area contributed by atoms with Gasteiger partial charge in [0.1, 0.15) is 5.75 Å². The van der Waals surface area contributed by atoms with Crippen LogP contribution in [-0.4, -0.2) is 23.9 Å². The first-order chi connectivity index (χ1) is 9.93. The second-order valence-corrected chi connectivity index (χ2v) is 7.58. The average molecular weight is 289 g/mol. The van der Waals surface area contributed by atoms with Gasteiger partial charge in [-0.3, -0.25) is 0 Å². The summed E-state index contributed by atoms with van der Waals surface area (Å²) >= 11 is 0. The number of para-hydroxylation sites is 1. The Morgan fingerprint density at radius 3 is 2.43 bits per heavy atom. The van der Waals surface area contributed by atoms with Gasteiger partial charge in [-0.25, -0.2) is 0 Å². The van der Waals surface area contributed by atoms with E-state index in [9.17, 15) is 5.11 Å². The summed E-state index contributed by atoms with van der Waals surface area (Å²) in [6.45, 7) is 5.70. The van der Waals surface area contributed by atoms with Crippen molar-refractivity contribution in [2.45, 2.75) is 57.0 Å². The monoisotopic (exact) mass is 289 g/mol. The van der Waals surface area contributed by atoms with E-state index in [2.05, 4.69) is 19.9 Å². The third-order valence-corrected chi connectivity index (χ3v) is 5.86. The zero-order chi connectivity index (χ0) is 15.1. The first-order valence-corrected chi connectivity index (χ1v) is 8.07. The topological polar surface area (TPSA) is 55.5 Å². The van der Waals surface area contributed by atoms with Gasteiger partial charge in [-0.05, 0) is 43.6 Å². The van der Waals surface area contributed by atoms with Gasteiger partial charge in [0, 0.05) is 17.5 Å². The summed E-state index contributed by atoms with van der Waals surface area (Å²) < 4.78 is 5.79. The van der Waals surface area contributed by atoms with Gasteiger partial charge in [-0.2, -0.15) is 0 Å². The Bertz CT molecular complexity index is 516. The molecule has 1 aromatic carbocycles. The predicted octanol–water partition coefficient (Wildman–Crippen LogP) is 3.00. The number of aliphatic hydroxyl groups is 1. The van der Waals surface area contributed by atoms with Crippen molar-refractivity contribution in [3.63, 3.8) is 0 Å². The van der Waals surface area contributed by atoms with E-state index < -0.39 is 5.60 Å². The summed E-state index contributed by atoms with van der Waals surface area (Å²) in [5.41, 5.74) is 6.57. The maximum absolute atomic E-state index is 11.5. The number of benzene rings is 1. The molecular weight excluding hydrogens is 262 g/mol. The van der Waals surface area contributed by atoms with Gasteiger partial charge in [-0.15, -0.1) is 0 Å². The fraction of sp³-hybridized carbons (Fsp3) is 0.667. The van der Waals surface area contributed by atoms with Crippen LogP contribution in [0.3, 0.4) is 0 Å².